The zero-order valence-corrected chi connectivity index (χ0v) is 10.7. The summed E-state index contributed by atoms with van der Waals surface area (Å²) in [5, 5.41) is 5.99. The molecule has 0 spiro atoms. The molecule has 0 saturated carbocycles. The number of alkyl halides is 3. The first-order valence-electron chi connectivity index (χ1n) is 6.14. The highest BCUT2D eigenvalue weighted by molar-refractivity contribution is 5.79. The Hall–Kier alpha value is -2.05. The Bertz CT molecular complexity index is 477. The van der Waals surface area contributed by atoms with Crippen LogP contribution < -0.4 is 0 Å². The lowest BCUT2D eigenvalue weighted by atomic mass is 10.1. The van der Waals surface area contributed by atoms with Gasteiger partial charge in [0.2, 0.25) is 6.41 Å². The Morgan fingerprint density at radius 2 is 1.65 bits per heavy atom. The van der Waals surface area contributed by atoms with E-state index in [9.17, 15) is 18.0 Å². The molecule has 1 fully saturated rings. The molecule has 20 heavy (non-hydrogen) atoms. The van der Waals surface area contributed by atoms with Crippen molar-refractivity contribution in [2.75, 3.05) is 26.2 Å². The van der Waals surface area contributed by atoms with E-state index in [1.165, 1.54) is 18.3 Å². The van der Waals surface area contributed by atoms with Crippen LogP contribution in [-0.4, -0.2) is 48.7 Å². The summed E-state index contributed by atoms with van der Waals surface area (Å²) in [7, 11) is 0. The Morgan fingerprint density at radius 3 is 2.15 bits per heavy atom. The Balaban J connectivity index is 1.93. The van der Waals surface area contributed by atoms with Crippen molar-refractivity contribution < 1.29 is 18.0 Å². The van der Waals surface area contributed by atoms with Crippen molar-refractivity contribution >= 4 is 12.6 Å². The number of rotatable bonds is 3. The molecule has 4 nitrogen and oxygen atoms in total. The SMILES string of the molecule is O=CN1CCN(N=Cc2ccc(C(F)(F)F)cc2)CC1. The van der Waals surface area contributed by atoms with E-state index >= 15 is 0 Å². The van der Waals surface area contributed by atoms with Gasteiger partial charge in [0, 0.05) is 13.1 Å². The first kappa shape index (κ1) is 14.4. The zero-order valence-electron chi connectivity index (χ0n) is 10.7. The molecule has 2 rings (SSSR count). The summed E-state index contributed by atoms with van der Waals surface area (Å²) in [6.07, 6.45) is -1.99. The van der Waals surface area contributed by atoms with Gasteiger partial charge in [0.25, 0.3) is 0 Å². The van der Waals surface area contributed by atoms with Crippen LogP contribution in [0, 0.1) is 0 Å². The topological polar surface area (TPSA) is 35.9 Å². The highest BCUT2D eigenvalue weighted by atomic mass is 19.4. The molecule has 0 bridgehead atoms. The number of carbonyl (C=O) groups excluding carboxylic acids is 1. The van der Waals surface area contributed by atoms with Gasteiger partial charge >= 0.3 is 6.18 Å². The second-order valence-electron chi connectivity index (χ2n) is 4.46. The Kier molecular flexibility index (Phi) is 4.26. The van der Waals surface area contributed by atoms with Gasteiger partial charge in [0.15, 0.2) is 0 Å². The molecular formula is C13H14F3N3O. The Morgan fingerprint density at radius 1 is 1.05 bits per heavy atom. The summed E-state index contributed by atoms with van der Waals surface area (Å²) in [6, 6.07) is 4.83. The lowest BCUT2D eigenvalue weighted by molar-refractivity contribution is -0.137. The van der Waals surface area contributed by atoms with Crippen LogP contribution in [0.2, 0.25) is 0 Å². The zero-order chi connectivity index (χ0) is 14.6. The molecular weight excluding hydrogens is 271 g/mol. The number of hydrogen-bond donors (Lipinski definition) is 0. The van der Waals surface area contributed by atoms with Gasteiger partial charge in [-0.1, -0.05) is 12.1 Å². The first-order chi connectivity index (χ1) is 9.49. The first-order valence-corrected chi connectivity index (χ1v) is 6.14. The fraction of sp³-hybridized carbons (Fsp3) is 0.385. The molecule has 1 aliphatic heterocycles. The summed E-state index contributed by atoms with van der Waals surface area (Å²) < 4.78 is 37.2. The number of hydrogen-bond acceptors (Lipinski definition) is 3. The number of benzene rings is 1. The minimum atomic E-state index is -4.32. The maximum absolute atomic E-state index is 12.4. The van der Waals surface area contributed by atoms with Gasteiger partial charge in [0.05, 0.1) is 24.9 Å². The highest BCUT2D eigenvalue weighted by Gasteiger charge is 2.29. The Labute approximate surface area is 114 Å². The second-order valence-corrected chi connectivity index (χ2v) is 4.46. The molecule has 1 aliphatic rings. The summed E-state index contributed by atoms with van der Waals surface area (Å²) in [4.78, 5) is 12.2. The molecule has 1 aromatic carbocycles. The molecule has 108 valence electrons. The fourth-order valence-corrected chi connectivity index (χ4v) is 1.84. The van der Waals surface area contributed by atoms with Crippen molar-refractivity contribution in [1.29, 1.82) is 0 Å². The van der Waals surface area contributed by atoms with E-state index in [0.717, 1.165) is 18.5 Å². The predicted molar refractivity (Wildman–Crippen MR) is 68.2 cm³/mol. The van der Waals surface area contributed by atoms with Gasteiger partial charge < -0.3 is 4.90 Å². The number of halogens is 3. The van der Waals surface area contributed by atoms with Gasteiger partial charge in [-0.2, -0.15) is 18.3 Å². The molecule has 0 unspecified atom stereocenters. The van der Waals surface area contributed by atoms with Crippen molar-refractivity contribution in [3.8, 4) is 0 Å². The third-order valence-corrected chi connectivity index (χ3v) is 3.05. The average molecular weight is 285 g/mol. The minimum Gasteiger partial charge on any atom is -0.342 e. The monoisotopic (exact) mass is 285 g/mol. The molecule has 0 radical (unpaired) electrons. The molecule has 1 amide bonds. The van der Waals surface area contributed by atoms with Crippen molar-refractivity contribution in [3.63, 3.8) is 0 Å². The van der Waals surface area contributed by atoms with Gasteiger partial charge in [-0.3, -0.25) is 9.80 Å². The number of hydrazone groups is 1. The average Bonchev–Trinajstić information content (AvgIpc) is 2.45. The fourth-order valence-electron chi connectivity index (χ4n) is 1.84. The predicted octanol–water partition coefficient (Wildman–Crippen LogP) is 1.81. The van der Waals surface area contributed by atoms with Gasteiger partial charge in [-0.15, -0.1) is 0 Å². The van der Waals surface area contributed by atoms with E-state index in [-0.39, 0.29) is 0 Å². The van der Waals surface area contributed by atoms with Gasteiger partial charge in [-0.25, -0.2) is 0 Å². The van der Waals surface area contributed by atoms with E-state index in [1.54, 1.807) is 9.91 Å². The molecule has 0 aromatic heterocycles. The number of amides is 1. The van der Waals surface area contributed by atoms with Crippen LogP contribution in [0.4, 0.5) is 13.2 Å². The van der Waals surface area contributed by atoms with Crippen LogP contribution in [0.25, 0.3) is 0 Å². The van der Waals surface area contributed by atoms with E-state index in [2.05, 4.69) is 5.10 Å². The van der Waals surface area contributed by atoms with Crippen LogP contribution in [0.5, 0.6) is 0 Å². The lowest BCUT2D eigenvalue weighted by Crippen LogP contribution is -2.43. The second kappa shape index (κ2) is 5.94. The maximum atomic E-state index is 12.4. The van der Waals surface area contributed by atoms with E-state index in [1.807, 2.05) is 0 Å². The van der Waals surface area contributed by atoms with Gasteiger partial charge in [0.1, 0.15) is 0 Å². The van der Waals surface area contributed by atoms with Crippen LogP contribution in [0.3, 0.4) is 0 Å². The van der Waals surface area contributed by atoms with Crippen molar-refractivity contribution in [3.05, 3.63) is 35.4 Å². The highest BCUT2D eigenvalue weighted by Crippen LogP contribution is 2.28. The van der Waals surface area contributed by atoms with Crippen molar-refractivity contribution in [2.45, 2.75) is 6.18 Å². The van der Waals surface area contributed by atoms with Crippen LogP contribution >= 0.6 is 0 Å². The van der Waals surface area contributed by atoms with Crippen LogP contribution in [-0.2, 0) is 11.0 Å². The van der Waals surface area contributed by atoms with E-state index < -0.39 is 11.7 Å². The standard InChI is InChI=1S/C13H14F3N3O/c14-13(15,16)12-3-1-11(2-4-12)9-17-19-7-5-18(10-20)6-8-19/h1-4,9-10H,5-8H2. The summed E-state index contributed by atoms with van der Waals surface area (Å²) >= 11 is 0. The summed E-state index contributed by atoms with van der Waals surface area (Å²) in [5.41, 5.74) is -0.0648. The molecule has 1 aromatic rings. The molecule has 0 atom stereocenters. The smallest absolute Gasteiger partial charge is 0.342 e. The molecule has 1 heterocycles. The van der Waals surface area contributed by atoms with E-state index in [4.69, 9.17) is 0 Å². The van der Waals surface area contributed by atoms with Crippen molar-refractivity contribution in [2.24, 2.45) is 5.10 Å². The largest absolute Gasteiger partial charge is 0.416 e. The van der Waals surface area contributed by atoms with Gasteiger partial charge in [-0.05, 0) is 17.7 Å². The lowest BCUT2D eigenvalue weighted by Gasteiger charge is -2.30. The summed E-state index contributed by atoms with van der Waals surface area (Å²) in [5.74, 6) is 0. The third-order valence-electron chi connectivity index (χ3n) is 3.05. The third kappa shape index (κ3) is 3.72. The van der Waals surface area contributed by atoms with E-state index in [0.29, 0.717) is 31.7 Å². The van der Waals surface area contributed by atoms with Crippen LogP contribution in [0.1, 0.15) is 11.1 Å². The number of carbonyl (C=O) groups is 1. The molecule has 7 heteroatoms. The quantitative estimate of drug-likeness (QED) is 0.627. The normalized spacial score (nSPS) is 16.8. The molecule has 0 aliphatic carbocycles. The number of nitrogens with zero attached hydrogens (tertiary/aromatic N) is 3. The van der Waals surface area contributed by atoms with Crippen LogP contribution in [0.15, 0.2) is 29.4 Å². The molecule has 1 saturated heterocycles. The minimum absolute atomic E-state index is 0.605. The summed E-state index contributed by atoms with van der Waals surface area (Å²) in [6.45, 7) is 2.45. The van der Waals surface area contributed by atoms with Crippen molar-refractivity contribution in [1.82, 2.24) is 9.91 Å². The molecule has 0 N–H and O–H groups in total. The maximum Gasteiger partial charge on any atom is 0.416 e. The number of piperazine rings is 1.